The van der Waals surface area contributed by atoms with Crippen molar-refractivity contribution in [3.8, 4) is 22.3 Å². The molecular weight excluding hydrogens is 939 g/mol. The van der Waals surface area contributed by atoms with Crippen LogP contribution in [0.15, 0.2) is 278 Å². The highest BCUT2D eigenvalue weighted by Gasteiger charge is 2.59. The Morgan fingerprint density at radius 1 is 0.410 bits per heavy atom. The van der Waals surface area contributed by atoms with Crippen LogP contribution in [0.2, 0.25) is 0 Å². The van der Waals surface area contributed by atoms with Crippen molar-refractivity contribution >= 4 is 34.3 Å². The van der Waals surface area contributed by atoms with Crippen LogP contribution in [0.1, 0.15) is 93.5 Å². The number of hydrogen-bond acceptors (Lipinski definition) is 1. The predicted octanol–water partition coefficient (Wildman–Crippen LogP) is 19.0. The molecule has 0 aromatic heterocycles. The van der Waals surface area contributed by atoms with Gasteiger partial charge >= 0.3 is 0 Å². The molecule has 9 aromatic carbocycles. The number of fused-ring (bicyclic) bond motifs is 19. The van der Waals surface area contributed by atoms with E-state index in [2.05, 4.69) is 292 Å². The average Bonchev–Trinajstić information content (AvgIpc) is 3.33. The second kappa shape index (κ2) is 17.0. The van der Waals surface area contributed by atoms with Gasteiger partial charge in [-0.15, -0.1) is 0 Å². The van der Waals surface area contributed by atoms with Gasteiger partial charge in [-0.3, -0.25) is 0 Å². The van der Waals surface area contributed by atoms with Crippen molar-refractivity contribution in [2.75, 3.05) is 4.90 Å². The Bertz CT molecular complexity index is 4160. The molecule has 16 rings (SSSR count). The molecule has 0 fully saturated rings. The summed E-state index contributed by atoms with van der Waals surface area (Å²) < 4.78 is 0. The highest BCUT2D eigenvalue weighted by atomic mass is 15.1. The molecule has 0 radical (unpaired) electrons. The number of allylic oxidation sites excluding steroid dienone is 13. The molecule has 3 atom stereocenters. The van der Waals surface area contributed by atoms with Crippen molar-refractivity contribution < 1.29 is 0 Å². The third-order valence-corrected chi connectivity index (χ3v) is 18.7. The minimum absolute atomic E-state index is 0.163. The van der Waals surface area contributed by atoms with Gasteiger partial charge in [0.1, 0.15) is 0 Å². The lowest BCUT2D eigenvalue weighted by Gasteiger charge is -2.49. The standard InChI is InChI=1S/C77H57N/c1-75(2)72-46-51(36-42-63(72)64-43-41-58(49-73(64)75)78(56-19-5-3-6-20-56)57-21-7-4-8-22-57)34-33-50-35-37-53-47-54(39-38-52(53)45-50)55-40-44-71-74(48-55)77(67-29-15-11-25-61(67)62-26-12-16-30-68(62)77)70-32-18-17-31-69(70)76(71)65-27-13-9-23-59(65)60-24-10-14-28-66(60)76/h3-9,11-23,25-49,52-53H,10,24H2,1-2H3/b34-33+. The van der Waals surface area contributed by atoms with Crippen LogP contribution in [0.5, 0.6) is 0 Å². The zero-order valence-electron chi connectivity index (χ0n) is 44.0. The van der Waals surface area contributed by atoms with E-state index in [4.69, 9.17) is 0 Å². The van der Waals surface area contributed by atoms with E-state index in [9.17, 15) is 0 Å². The summed E-state index contributed by atoms with van der Waals surface area (Å²) in [6, 6.07) is 80.3. The molecule has 9 aromatic rings. The number of anilines is 3. The summed E-state index contributed by atoms with van der Waals surface area (Å²) in [6.07, 6.45) is 26.2. The topological polar surface area (TPSA) is 3.24 Å². The van der Waals surface area contributed by atoms with Gasteiger partial charge in [-0.05, 0) is 167 Å². The van der Waals surface area contributed by atoms with Crippen molar-refractivity contribution in [3.05, 3.63) is 345 Å². The van der Waals surface area contributed by atoms with Crippen LogP contribution in [0.4, 0.5) is 17.1 Å². The summed E-state index contributed by atoms with van der Waals surface area (Å²) >= 11 is 0. The van der Waals surface area contributed by atoms with Crippen molar-refractivity contribution in [3.63, 3.8) is 0 Å². The van der Waals surface area contributed by atoms with Gasteiger partial charge in [0.15, 0.2) is 0 Å². The van der Waals surface area contributed by atoms with E-state index in [0.29, 0.717) is 0 Å². The molecule has 0 saturated carbocycles. The lowest BCUT2D eigenvalue weighted by atomic mass is 9.51. The smallest absolute Gasteiger partial charge is 0.0720 e. The van der Waals surface area contributed by atoms with E-state index in [-0.39, 0.29) is 17.3 Å². The van der Waals surface area contributed by atoms with E-state index >= 15 is 0 Å². The van der Waals surface area contributed by atoms with Gasteiger partial charge < -0.3 is 4.90 Å². The molecule has 7 aliphatic rings. The zero-order chi connectivity index (χ0) is 51.7. The first kappa shape index (κ1) is 45.2. The highest BCUT2D eigenvalue weighted by Crippen LogP contribution is 2.68. The minimum atomic E-state index is -0.498. The molecule has 78 heavy (non-hydrogen) atoms. The Balaban J connectivity index is 0.738. The lowest BCUT2D eigenvalue weighted by Crippen LogP contribution is -2.44. The van der Waals surface area contributed by atoms with Crippen molar-refractivity contribution in [2.45, 2.75) is 42.9 Å². The SMILES string of the molecule is CC1(C)c2cc(/C=C/C3=CC4C=CC(c5ccc6c(c5)C5(c7ccccc7-c7ccccc75)c5ccccc5C65C6=C(CCC=C6)c6ccccc65)=CC4C=C3)ccc2-c2ccc(N(c3ccccc3)c3ccccc3)cc21. The van der Waals surface area contributed by atoms with E-state index in [1.807, 2.05) is 0 Å². The van der Waals surface area contributed by atoms with Crippen molar-refractivity contribution in [1.82, 2.24) is 0 Å². The fourth-order valence-electron chi connectivity index (χ4n) is 15.3. The van der Waals surface area contributed by atoms with Crippen LogP contribution < -0.4 is 4.90 Å². The lowest BCUT2D eigenvalue weighted by molar-refractivity contribution is 0.628. The molecule has 7 aliphatic carbocycles. The molecule has 0 heterocycles. The Labute approximate surface area is 458 Å². The van der Waals surface area contributed by atoms with E-state index < -0.39 is 10.8 Å². The first-order chi connectivity index (χ1) is 38.4. The molecule has 1 nitrogen and oxygen atoms in total. The summed E-state index contributed by atoms with van der Waals surface area (Å²) in [5.74, 6) is 0.538. The molecule has 3 unspecified atom stereocenters. The summed E-state index contributed by atoms with van der Waals surface area (Å²) in [5.41, 5.74) is 29.5. The molecule has 2 spiro atoms. The van der Waals surface area contributed by atoms with Gasteiger partial charge in [0.2, 0.25) is 0 Å². The second-order valence-electron chi connectivity index (χ2n) is 22.9. The van der Waals surface area contributed by atoms with Gasteiger partial charge in [-0.2, -0.15) is 0 Å². The van der Waals surface area contributed by atoms with E-state index in [0.717, 1.165) is 24.2 Å². The Kier molecular flexibility index (Phi) is 9.84. The maximum absolute atomic E-state index is 2.60. The number of nitrogens with zero attached hydrogens (tertiary/aromatic N) is 1. The summed E-state index contributed by atoms with van der Waals surface area (Å²) in [7, 11) is 0. The van der Waals surface area contributed by atoms with E-state index in [1.165, 1.54) is 117 Å². The monoisotopic (exact) mass is 995 g/mol. The highest BCUT2D eigenvalue weighted by molar-refractivity contribution is 5.95. The van der Waals surface area contributed by atoms with E-state index in [1.54, 1.807) is 0 Å². The van der Waals surface area contributed by atoms with Gasteiger partial charge in [-0.25, -0.2) is 0 Å². The van der Waals surface area contributed by atoms with Crippen LogP contribution in [0.3, 0.4) is 0 Å². The first-order valence-corrected chi connectivity index (χ1v) is 28.0. The molecule has 370 valence electrons. The Morgan fingerprint density at radius 3 is 1.67 bits per heavy atom. The number of hydrogen-bond donors (Lipinski definition) is 0. The molecule has 0 aliphatic heterocycles. The van der Waals surface area contributed by atoms with Crippen LogP contribution in [0, 0.1) is 11.8 Å². The normalized spacial score (nSPS) is 20.5. The third kappa shape index (κ3) is 6.25. The van der Waals surface area contributed by atoms with Crippen LogP contribution in [-0.4, -0.2) is 0 Å². The van der Waals surface area contributed by atoms with Crippen molar-refractivity contribution in [2.24, 2.45) is 11.8 Å². The van der Waals surface area contributed by atoms with Gasteiger partial charge in [0.25, 0.3) is 0 Å². The molecule has 0 N–H and O–H groups in total. The zero-order valence-corrected chi connectivity index (χ0v) is 44.0. The third-order valence-electron chi connectivity index (χ3n) is 18.7. The fraction of sp³-hybridized carbons (Fsp3) is 0.117. The molecule has 1 heteroatoms. The van der Waals surface area contributed by atoms with Gasteiger partial charge in [0, 0.05) is 34.3 Å². The Morgan fingerprint density at radius 2 is 0.962 bits per heavy atom. The molecule has 0 saturated heterocycles. The summed E-state index contributed by atoms with van der Waals surface area (Å²) in [4.78, 5) is 2.36. The quantitative estimate of drug-likeness (QED) is 0.160. The number of benzene rings is 9. The summed E-state index contributed by atoms with van der Waals surface area (Å²) in [6.45, 7) is 4.77. The van der Waals surface area contributed by atoms with Crippen LogP contribution in [0.25, 0.3) is 39.5 Å². The number of rotatable bonds is 6. The van der Waals surface area contributed by atoms with Gasteiger partial charge in [0.05, 0.1) is 10.8 Å². The predicted molar refractivity (Wildman–Crippen MR) is 324 cm³/mol. The average molecular weight is 996 g/mol. The molecule has 0 bridgehead atoms. The first-order valence-electron chi connectivity index (χ1n) is 28.0. The maximum atomic E-state index is 2.60. The molecular formula is C77H57N. The van der Waals surface area contributed by atoms with Crippen LogP contribution >= 0.6 is 0 Å². The fourth-order valence-corrected chi connectivity index (χ4v) is 15.3. The molecule has 0 amide bonds. The Hall–Kier alpha value is -9.04. The van der Waals surface area contributed by atoms with Crippen LogP contribution in [-0.2, 0) is 16.2 Å². The summed E-state index contributed by atoms with van der Waals surface area (Å²) in [5, 5.41) is 0. The van der Waals surface area contributed by atoms with Crippen molar-refractivity contribution in [1.29, 1.82) is 0 Å². The largest absolute Gasteiger partial charge is 0.310 e. The minimum Gasteiger partial charge on any atom is -0.310 e. The van der Waals surface area contributed by atoms with Gasteiger partial charge in [-0.1, -0.05) is 244 Å². The maximum Gasteiger partial charge on any atom is 0.0720 e. The number of para-hydroxylation sites is 2. The second-order valence-corrected chi connectivity index (χ2v) is 22.9.